The van der Waals surface area contributed by atoms with Crippen LogP contribution in [-0.4, -0.2) is 72.6 Å². The molecule has 312 valence electrons. The van der Waals surface area contributed by atoms with Crippen molar-refractivity contribution in [2.45, 2.75) is 110 Å². The molecule has 4 aromatic carbocycles. The van der Waals surface area contributed by atoms with E-state index in [1.165, 1.54) is 0 Å². The van der Waals surface area contributed by atoms with Crippen LogP contribution in [0.15, 0.2) is 109 Å². The van der Waals surface area contributed by atoms with E-state index in [1.807, 2.05) is 30.3 Å². The highest BCUT2D eigenvalue weighted by Gasteiger charge is 2.25. The second kappa shape index (κ2) is 20.0. The van der Waals surface area contributed by atoms with Crippen LogP contribution in [-0.2, 0) is 25.5 Å². The zero-order valence-electron chi connectivity index (χ0n) is 36.6. The van der Waals surface area contributed by atoms with Gasteiger partial charge in [-0.1, -0.05) is 84.9 Å². The SMILES string of the molecule is COC(C)(C)CCOC(C)(C)CCOc1cccc(Cn2c(-c3cccc(OCCC(C)(C)OCCC(C)(C)OC)c3)nc(-c3ccccc3)c2-c2ccccc2)c1. The number of nitrogens with zero attached hydrogens (tertiary/aromatic N) is 2. The molecule has 0 spiro atoms. The van der Waals surface area contributed by atoms with Crippen LogP contribution in [0.2, 0.25) is 0 Å². The summed E-state index contributed by atoms with van der Waals surface area (Å²) in [5.74, 6) is 2.47. The Morgan fingerprint density at radius 2 is 0.948 bits per heavy atom. The van der Waals surface area contributed by atoms with Gasteiger partial charge in [-0.15, -0.1) is 0 Å². The van der Waals surface area contributed by atoms with Crippen LogP contribution in [0.25, 0.3) is 33.9 Å². The maximum atomic E-state index is 6.38. The van der Waals surface area contributed by atoms with Gasteiger partial charge >= 0.3 is 0 Å². The fraction of sp³-hybridized carbons (Fsp3) is 0.460. The summed E-state index contributed by atoms with van der Waals surface area (Å²) in [7, 11) is 3.48. The largest absolute Gasteiger partial charge is 0.493 e. The number of rotatable bonds is 23. The van der Waals surface area contributed by atoms with Gasteiger partial charge in [-0.3, -0.25) is 0 Å². The Kier molecular flexibility index (Phi) is 15.4. The summed E-state index contributed by atoms with van der Waals surface area (Å²) < 4.78 is 38.7. The van der Waals surface area contributed by atoms with Crippen LogP contribution >= 0.6 is 0 Å². The van der Waals surface area contributed by atoms with E-state index in [4.69, 9.17) is 33.4 Å². The van der Waals surface area contributed by atoms with Crippen LogP contribution < -0.4 is 9.47 Å². The first-order chi connectivity index (χ1) is 27.6. The van der Waals surface area contributed by atoms with Crippen molar-refractivity contribution in [3.8, 4) is 45.4 Å². The van der Waals surface area contributed by atoms with E-state index < -0.39 is 0 Å². The second-order valence-electron chi connectivity index (χ2n) is 17.5. The number of hydrogen-bond donors (Lipinski definition) is 0. The molecule has 0 N–H and O–H groups in total. The fourth-order valence-corrected chi connectivity index (χ4v) is 6.48. The molecule has 0 aliphatic rings. The predicted molar refractivity (Wildman–Crippen MR) is 236 cm³/mol. The number of imidazole rings is 1. The number of ether oxygens (including phenoxy) is 6. The average Bonchev–Trinajstić information content (AvgIpc) is 3.57. The Bertz CT molecular complexity index is 2000. The first-order valence-corrected chi connectivity index (χ1v) is 20.6. The molecule has 1 aromatic heterocycles. The molecule has 0 amide bonds. The van der Waals surface area contributed by atoms with Gasteiger partial charge in [-0.2, -0.15) is 0 Å². The minimum Gasteiger partial charge on any atom is -0.493 e. The lowest BCUT2D eigenvalue weighted by molar-refractivity contribution is -0.0653. The monoisotopic (exact) mass is 790 g/mol. The first kappa shape index (κ1) is 44.6. The molecule has 0 fully saturated rings. The molecular weight excluding hydrogens is 725 g/mol. The second-order valence-corrected chi connectivity index (χ2v) is 17.5. The zero-order valence-corrected chi connectivity index (χ0v) is 36.6. The van der Waals surface area contributed by atoms with Gasteiger partial charge in [-0.25, -0.2) is 4.98 Å². The van der Waals surface area contributed by atoms with Crippen molar-refractivity contribution < 1.29 is 28.4 Å². The Balaban J connectivity index is 1.39. The van der Waals surface area contributed by atoms with Crippen LogP contribution in [0, 0.1) is 0 Å². The highest BCUT2D eigenvalue weighted by molar-refractivity contribution is 5.82. The lowest BCUT2D eigenvalue weighted by atomic mass is 10.0. The molecule has 0 aliphatic heterocycles. The summed E-state index contributed by atoms with van der Waals surface area (Å²) >= 11 is 0. The van der Waals surface area contributed by atoms with Crippen molar-refractivity contribution in [3.05, 3.63) is 115 Å². The predicted octanol–water partition coefficient (Wildman–Crippen LogP) is 11.7. The molecule has 0 atom stereocenters. The molecule has 0 saturated heterocycles. The van der Waals surface area contributed by atoms with Crippen LogP contribution in [0.3, 0.4) is 0 Å². The van der Waals surface area contributed by atoms with E-state index >= 15 is 0 Å². The van der Waals surface area contributed by atoms with Gasteiger partial charge in [0.15, 0.2) is 0 Å². The van der Waals surface area contributed by atoms with Crippen molar-refractivity contribution in [2.75, 3.05) is 40.6 Å². The number of methoxy groups -OCH3 is 2. The quantitative estimate of drug-likeness (QED) is 0.0652. The van der Waals surface area contributed by atoms with E-state index in [0.29, 0.717) is 33.0 Å². The van der Waals surface area contributed by atoms with Gasteiger partial charge in [0, 0.05) is 50.3 Å². The van der Waals surface area contributed by atoms with E-state index in [9.17, 15) is 0 Å². The highest BCUT2D eigenvalue weighted by Crippen LogP contribution is 2.38. The molecule has 8 heteroatoms. The zero-order chi connectivity index (χ0) is 41.8. The number of aromatic nitrogens is 2. The van der Waals surface area contributed by atoms with Gasteiger partial charge in [0.2, 0.25) is 0 Å². The third-order valence-corrected chi connectivity index (χ3v) is 10.8. The summed E-state index contributed by atoms with van der Waals surface area (Å²) in [5.41, 5.74) is 5.10. The first-order valence-electron chi connectivity index (χ1n) is 20.6. The topological polar surface area (TPSA) is 73.2 Å². The summed E-state index contributed by atoms with van der Waals surface area (Å²) in [6.07, 6.45) is 3.14. The Hall–Kier alpha value is -4.47. The molecule has 5 aromatic rings. The third kappa shape index (κ3) is 13.3. The maximum absolute atomic E-state index is 6.38. The molecular formula is C50H66N2O6. The minimum absolute atomic E-state index is 0.212. The van der Waals surface area contributed by atoms with Crippen molar-refractivity contribution in [2.24, 2.45) is 0 Å². The van der Waals surface area contributed by atoms with Crippen LogP contribution in [0.1, 0.15) is 86.6 Å². The lowest BCUT2D eigenvalue weighted by Crippen LogP contribution is -2.31. The molecule has 0 bridgehead atoms. The van der Waals surface area contributed by atoms with Gasteiger partial charge < -0.3 is 33.0 Å². The minimum atomic E-state index is -0.337. The summed E-state index contributed by atoms with van der Waals surface area (Å²) in [6, 6.07) is 37.6. The number of hydrogen-bond acceptors (Lipinski definition) is 7. The highest BCUT2D eigenvalue weighted by atomic mass is 16.5. The summed E-state index contributed by atoms with van der Waals surface area (Å²) in [5, 5.41) is 0. The third-order valence-electron chi connectivity index (χ3n) is 10.8. The maximum Gasteiger partial charge on any atom is 0.141 e. The molecule has 0 unspecified atom stereocenters. The summed E-state index contributed by atoms with van der Waals surface area (Å²) in [6.45, 7) is 19.7. The molecule has 58 heavy (non-hydrogen) atoms. The Morgan fingerprint density at radius 1 is 0.483 bits per heavy atom. The van der Waals surface area contributed by atoms with Crippen molar-refractivity contribution >= 4 is 0 Å². The summed E-state index contributed by atoms with van der Waals surface area (Å²) in [4.78, 5) is 5.41. The van der Waals surface area contributed by atoms with Gasteiger partial charge in [0.05, 0.1) is 60.2 Å². The van der Waals surface area contributed by atoms with E-state index in [0.717, 1.165) is 76.6 Å². The van der Waals surface area contributed by atoms with Gasteiger partial charge in [0.25, 0.3) is 0 Å². The molecule has 5 rings (SSSR count). The molecule has 0 radical (unpaired) electrons. The Labute approximate surface area is 347 Å². The van der Waals surface area contributed by atoms with E-state index in [2.05, 4.69) is 139 Å². The molecule has 8 nitrogen and oxygen atoms in total. The average molecular weight is 791 g/mol. The number of benzene rings is 4. The van der Waals surface area contributed by atoms with Crippen molar-refractivity contribution in [1.29, 1.82) is 0 Å². The van der Waals surface area contributed by atoms with Gasteiger partial charge in [-0.05, 0) is 98.1 Å². The van der Waals surface area contributed by atoms with Crippen molar-refractivity contribution in [3.63, 3.8) is 0 Å². The fourth-order valence-electron chi connectivity index (χ4n) is 6.48. The van der Waals surface area contributed by atoms with Crippen LogP contribution in [0.5, 0.6) is 11.5 Å². The standard InChI is InChI=1S/C50H66N2O6/c1-47(2,53-9)29-33-57-49(5,6)27-31-55-42-25-17-19-38(35-42)37-52-45(40-22-15-12-16-23-40)44(39-20-13-11-14-21-39)51-46(52)41-24-18-26-43(36-41)56-32-28-50(7,8)58-34-30-48(3,4)54-10/h11-26,35-36H,27-34,37H2,1-10H3. The van der Waals surface area contributed by atoms with E-state index in [-0.39, 0.29) is 22.4 Å². The lowest BCUT2D eigenvalue weighted by Gasteiger charge is -2.28. The molecule has 0 aliphatic carbocycles. The van der Waals surface area contributed by atoms with Crippen LogP contribution in [0.4, 0.5) is 0 Å². The smallest absolute Gasteiger partial charge is 0.141 e. The van der Waals surface area contributed by atoms with Crippen molar-refractivity contribution in [1.82, 2.24) is 9.55 Å². The van der Waals surface area contributed by atoms with Gasteiger partial charge in [0.1, 0.15) is 17.3 Å². The normalized spacial score (nSPS) is 12.5. The van der Waals surface area contributed by atoms with E-state index in [1.54, 1.807) is 14.2 Å². The Morgan fingerprint density at radius 3 is 1.48 bits per heavy atom. The molecule has 1 heterocycles. The molecule has 0 saturated carbocycles.